The highest BCUT2D eigenvalue weighted by Gasteiger charge is 2.40. The van der Waals surface area contributed by atoms with Crippen molar-refractivity contribution in [3.8, 4) is 0 Å². The molecule has 1 amide bonds. The third-order valence-corrected chi connectivity index (χ3v) is 7.57. The lowest BCUT2D eigenvalue weighted by Crippen LogP contribution is -2.55. The second-order valence-corrected chi connectivity index (χ2v) is 10.1. The lowest BCUT2D eigenvalue weighted by molar-refractivity contribution is -0.125. The van der Waals surface area contributed by atoms with Crippen molar-refractivity contribution in [3.05, 3.63) is 65.2 Å². The number of aliphatic hydroxyl groups is 1. The number of likely N-dealkylation sites (tertiary alicyclic amines) is 1. The molecule has 2 fully saturated rings. The molecule has 1 aliphatic heterocycles. The van der Waals surface area contributed by atoms with Gasteiger partial charge in [-0.25, -0.2) is 0 Å². The first-order chi connectivity index (χ1) is 16.0. The predicted octanol–water partition coefficient (Wildman–Crippen LogP) is 4.87. The summed E-state index contributed by atoms with van der Waals surface area (Å²) in [5, 5.41) is 18.1. The third-order valence-electron chi connectivity index (χ3n) is 7.32. The van der Waals surface area contributed by atoms with Crippen LogP contribution in [0.15, 0.2) is 54.6 Å². The Kier molecular flexibility index (Phi) is 8.42. The number of hydrogen-bond donors (Lipinski definition) is 3. The van der Waals surface area contributed by atoms with Crippen molar-refractivity contribution in [2.45, 2.75) is 57.2 Å². The minimum absolute atomic E-state index is 0.0416. The van der Waals surface area contributed by atoms with Gasteiger partial charge in [0, 0.05) is 36.4 Å². The molecule has 3 N–H and O–H groups in total. The second-order valence-electron chi connectivity index (χ2n) is 9.70. The number of nitrogens with one attached hydrogen (secondary N) is 2. The van der Waals surface area contributed by atoms with Gasteiger partial charge in [0.25, 0.3) is 0 Å². The van der Waals surface area contributed by atoms with Crippen molar-refractivity contribution in [1.29, 1.82) is 0 Å². The Balaban J connectivity index is 1.37. The number of carbonyl (C=O) groups excluding carboxylic acids is 1. The normalized spacial score (nSPS) is 25.1. The van der Waals surface area contributed by atoms with Crippen LogP contribution in [0.4, 0.5) is 5.69 Å². The summed E-state index contributed by atoms with van der Waals surface area (Å²) < 4.78 is 0. The summed E-state index contributed by atoms with van der Waals surface area (Å²) >= 11 is 5.99. The summed E-state index contributed by atoms with van der Waals surface area (Å²) in [5.41, 5.74) is 1.96. The topological polar surface area (TPSA) is 64.6 Å². The number of para-hydroxylation sites is 1. The smallest absolute Gasteiger partial charge is 0.241 e. The van der Waals surface area contributed by atoms with Crippen molar-refractivity contribution in [2.24, 2.45) is 11.8 Å². The fourth-order valence-corrected chi connectivity index (χ4v) is 5.56. The molecule has 2 aromatic carbocycles. The van der Waals surface area contributed by atoms with Gasteiger partial charge in [-0.15, -0.1) is 0 Å². The zero-order valence-electron chi connectivity index (χ0n) is 19.4. The van der Waals surface area contributed by atoms with Crippen molar-refractivity contribution in [3.63, 3.8) is 0 Å². The van der Waals surface area contributed by atoms with Crippen LogP contribution in [0.2, 0.25) is 5.02 Å². The van der Waals surface area contributed by atoms with E-state index < -0.39 is 6.10 Å². The molecule has 2 aromatic rings. The van der Waals surface area contributed by atoms with Gasteiger partial charge >= 0.3 is 0 Å². The van der Waals surface area contributed by atoms with Crippen molar-refractivity contribution in [2.75, 3.05) is 25.0 Å². The third kappa shape index (κ3) is 6.57. The summed E-state index contributed by atoms with van der Waals surface area (Å²) in [7, 11) is 0. The number of fused-ring (bicyclic) bond motifs is 1. The summed E-state index contributed by atoms with van der Waals surface area (Å²) in [6, 6.07) is 17.3. The number of halogens is 1. The Labute approximate surface area is 202 Å². The summed E-state index contributed by atoms with van der Waals surface area (Å²) in [5.74, 6) is 1.29. The monoisotopic (exact) mass is 469 g/mol. The first kappa shape index (κ1) is 24.2. The molecule has 178 valence electrons. The van der Waals surface area contributed by atoms with Gasteiger partial charge in [-0.2, -0.15) is 0 Å². The molecular formula is C27H36ClN3O2. The van der Waals surface area contributed by atoms with Crippen LogP contribution in [0, 0.1) is 11.8 Å². The van der Waals surface area contributed by atoms with E-state index in [-0.39, 0.29) is 18.0 Å². The van der Waals surface area contributed by atoms with Gasteiger partial charge < -0.3 is 15.7 Å². The van der Waals surface area contributed by atoms with Crippen LogP contribution >= 0.6 is 11.6 Å². The Hall–Kier alpha value is -1.92. The zero-order valence-corrected chi connectivity index (χ0v) is 20.2. The van der Waals surface area contributed by atoms with Gasteiger partial charge in [-0.1, -0.05) is 61.2 Å². The average Bonchev–Trinajstić information content (AvgIpc) is 2.83. The molecule has 5 nitrogen and oxygen atoms in total. The number of piperidine rings is 1. The highest BCUT2D eigenvalue weighted by molar-refractivity contribution is 6.30. The van der Waals surface area contributed by atoms with Gasteiger partial charge in [0.05, 0.1) is 12.1 Å². The molecule has 5 atom stereocenters. The van der Waals surface area contributed by atoms with Crippen LogP contribution in [0.1, 0.15) is 50.6 Å². The number of anilines is 1. The lowest BCUT2D eigenvalue weighted by atomic mass is 9.72. The molecule has 0 spiro atoms. The summed E-state index contributed by atoms with van der Waals surface area (Å²) in [4.78, 5) is 15.5. The Morgan fingerprint density at radius 2 is 1.79 bits per heavy atom. The molecule has 1 heterocycles. The van der Waals surface area contributed by atoms with Crippen molar-refractivity contribution < 1.29 is 9.90 Å². The summed E-state index contributed by atoms with van der Waals surface area (Å²) in [6.45, 7) is 3.94. The van der Waals surface area contributed by atoms with E-state index in [1.165, 1.54) is 25.7 Å². The maximum absolute atomic E-state index is 13.3. The highest BCUT2D eigenvalue weighted by atomic mass is 35.5. The molecule has 1 aliphatic carbocycles. The number of β-amino-alcohol motifs (C(OH)–C–C–N with tert-alkyl or cyclic N) is 1. The van der Waals surface area contributed by atoms with Crippen LogP contribution in [-0.4, -0.2) is 47.7 Å². The van der Waals surface area contributed by atoms with E-state index >= 15 is 0 Å². The Bertz CT molecular complexity index is 892. The van der Waals surface area contributed by atoms with Crippen LogP contribution in [0.25, 0.3) is 0 Å². The first-order valence-corrected chi connectivity index (χ1v) is 12.6. The van der Waals surface area contributed by atoms with E-state index in [9.17, 15) is 9.90 Å². The van der Waals surface area contributed by atoms with Gasteiger partial charge in [0.1, 0.15) is 0 Å². The number of carbonyl (C=O) groups is 1. The van der Waals surface area contributed by atoms with E-state index in [0.717, 1.165) is 29.2 Å². The molecule has 33 heavy (non-hydrogen) atoms. The summed E-state index contributed by atoms with van der Waals surface area (Å²) in [6.07, 6.45) is 5.32. The van der Waals surface area contributed by atoms with Crippen molar-refractivity contribution in [1.82, 2.24) is 10.2 Å². The van der Waals surface area contributed by atoms with Gasteiger partial charge in [0.2, 0.25) is 5.91 Å². The SMILES string of the molecule is C[C@H](NC[C@@H](O)CN1C[C@H]2CCCC[C@H]2C[C@H]1C(=O)Nc1ccccc1)c1ccc(Cl)cc1. The molecule has 0 unspecified atom stereocenters. The number of hydrogen-bond acceptors (Lipinski definition) is 4. The van der Waals surface area contributed by atoms with E-state index in [1.54, 1.807) is 0 Å². The minimum Gasteiger partial charge on any atom is -0.390 e. The van der Waals surface area contributed by atoms with E-state index in [2.05, 4.69) is 22.5 Å². The molecular weight excluding hydrogens is 434 g/mol. The molecule has 4 rings (SSSR count). The maximum Gasteiger partial charge on any atom is 0.241 e. The molecule has 1 saturated heterocycles. The fourth-order valence-electron chi connectivity index (χ4n) is 5.44. The van der Waals surface area contributed by atoms with Gasteiger partial charge in [-0.3, -0.25) is 9.69 Å². The van der Waals surface area contributed by atoms with Gasteiger partial charge in [-0.05, 0) is 61.4 Å². The fraction of sp³-hybridized carbons (Fsp3) is 0.519. The number of amides is 1. The zero-order chi connectivity index (χ0) is 23.2. The maximum atomic E-state index is 13.3. The molecule has 6 heteroatoms. The molecule has 0 aromatic heterocycles. The first-order valence-electron chi connectivity index (χ1n) is 12.3. The van der Waals surface area contributed by atoms with Crippen LogP contribution in [-0.2, 0) is 4.79 Å². The second kappa shape index (κ2) is 11.5. The van der Waals surface area contributed by atoms with Crippen molar-refractivity contribution >= 4 is 23.2 Å². The van der Waals surface area contributed by atoms with Crippen LogP contribution < -0.4 is 10.6 Å². The lowest BCUT2D eigenvalue weighted by Gasteiger charge is -2.46. The quantitative estimate of drug-likeness (QED) is 0.516. The van der Waals surface area contributed by atoms with E-state index in [4.69, 9.17) is 11.6 Å². The molecule has 0 radical (unpaired) electrons. The standard InChI is InChI=1S/C27H36ClN3O2/c1-19(20-11-13-23(28)14-12-20)29-16-25(32)18-31-17-22-8-6-5-7-21(22)15-26(31)27(33)30-24-9-3-2-4-10-24/h2-4,9-14,19,21-22,25-26,29,32H,5-8,15-18H2,1H3,(H,30,33)/t19-,21-,22+,25+,26-/m0/s1. The number of rotatable bonds is 8. The number of benzene rings is 2. The average molecular weight is 470 g/mol. The minimum atomic E-state index is -0.549. The predicted molar refractivity (Wildman–Crippen MR) is 134 cm³/mol. The Morgan fingerprint density at radius 3 is 2.52 bits per heavy atom. The number of nitrogens with zero attached hydrogens (tertiary/aromatic N) is 1. The Morgan fingerprint density at radius 1 is 1.09 bits per heavy atom. The molecule has 2 aliphatic rings. The van der Waals surface area contributed by atoms with E-state index in [0.29, 0.717) is 24.9 Å². The highest BCUT2D eigenvalue weighted by Crippen LogP contribution is 2.38. The van der Waals surface area contributed by atoms with Crippen LogP contribution in [0.5, 0.6) is 0 Å². The van der Waals surface area contributed by atoms with Gasteiger partial charge in [0.15, 0.2) is 0 Å². The van der Waals surface area contributed by atoms with Crippen LogP contribution in [0.3, 0.4) is 0 Å². The van der Waals surface area contributed by atoms with E-state index in [1.807, 2.05) is 54.6 Å². The molecule has 1 saturated carbocycles. The number of aliphatic hydroxyl groups excluding tert-OH is 1. The largest absolute Gasteiger partial charge is 0.390 e. The molecule has 0 bridgehead atoms.